The largest absolute Gasteiger partial charge is 0.490 e. The summed E-state index contributed by atoms with van der Waals surface area (Å²) in [6, 6.07) is 15.2. The molecule has 0 saturated heterocycles. The van der Waals surface area contributed by atoms with Gasteiger partial charge in [0.1, 0.15) is 24.7 Å². The van der Waals surface area contributed by atoms with Gasteiger partial charge in [0, 0.05) is 8.59 Å². The van der Waals surface area contributed by atoms with E-state index in [0.29, 0.717) is 18.2 Å². The van der Waals surface area contributed by atoms with Crippen molar-refractivity contribution in [1.29, 1.82) is 0 Å². The van der Waals surface area contributed by atoms with Crippen LogP contribution in [0.5, 0.6) is 11.5 Å². The zero-order valence-corrected chi connectivity index (χ0v) is 12.5. The Balaban J connectivity index is 1.73. The van der Waals surface area contributed by atoms with E-state index in [9.17, 15) is 0 Å². The summed E-state index contributed by atoms with van der Waals surface area (Å²) in [6.07, 6.45) is 0. The van der Waals surface area contributed by atoms with Crippen molar-refractivity contribution in [2.45, 2.75) is 0 Å². The predicted molar refractivity (Wildman–Crippen MR) is 81.6 cm³/mol. The zero-order valence-electron chi connectivity index (χ0n) is 9.61. The molecular weight excluding hydrogens is 363 g/mol. The van der Waals surface area contributed by atoms with Gasteiger partial charge in [0.05, 0.1) is 0 Å². The molecule has 0 aromatic heterocycles. The van der Waals surface area contributed by atoms with E-state index in [1.165, 1.54) is 3.57 Å². The number of halogens is 2. The summed E-state index contributed by atoms with van der Waals surface area (Å²) in [5, 5.41) is 0.706. The SMILES string of the molecule is Clc1ccc(OCCOc2ccc(I)cc2)cc1. The summed E-state index contributed by atoms with van der Waals surface area (Å²) >= 11 is 8.05. The fourth-order valence-corrected chi connectivity index (χ4v) is 1.87. The van der Waals surface area contributed by atoms with Gasteiger partial charge in [-0.25, -0.2) is 0 Å². The van der Waals surface area contributed by atoms with Crippen LogP contribution in [-0.4, -0.2) is 13.2 Å². The zero-order chi connectivity index (χ0) is 12.8. The maximum atomic E-state index is 5.78. The van der Waals surface area contributed by atoms with Crippen LogP contribution in [0.4, 0.5) is 0 Å². The monoisotopic (exact) mass is 374 g/mol. The van der Waals surface area contributed by atoms with Gasteiger partial charge in [-0.1, -0.05) is 11.6 Å². The van der Waals surface area contributed by atoms with Crippen LogP contribution in [0.3, 0.4) is 0 Å². The average molecular weight is 375 g/mol. The Hall–Kier alpha value is -0.940. The first-order valence-corrected chi connectivity index (χ1v) is 6.96. The molecule has 4 heteroatoms. The summed E-state index contributed by atoms with van der Waals surface area (Å²) in [5.74, 6) is 1.65. The molecule has 0 bridgehead atoms. The Morgan fingerprint density at radius 2 is 1.22 bits per heavy atom. The molecule has 0 spiro atoms. The van der Waals surface area contributed by atoms with Crippen LogP contribution >= 0.6 is 34.2 Å². The smallest absolute Gasteiger partial charge is 0.122 e. The van der Waals surface area contributed by atoms with Crippen molar-refractivity contribution in [1.82, 2.24) is 0 Å². The third-order valence-corrected chi connectivity index (χ3v) is 3.22. The van der Waals surface area contributed by atoms with Crippen molar-refractivity contribution >= 4 is 34.2 Å². The van der Waals surface area contributed by atoms with Crippen molar-refractivity contribution in [3.05, 3.63) is 57.1 Å². The second-order valence-electron chi connectivity index (χ2n) is 3.60. The molecule has 0 fully saturated rings. The maximum Gasteiger partial charge on any atom is 0.122 e. The van der Waals surface area contributed by atoms with Gasteiger partial charge in [-0.2, -0.15) is 0 Å². The third-order valence-electron chi connectivity index (χ3n) is 2.25. The molecule has 2 rings (SSSR count). The molecule has 0 aliphatic heterocycles. The number of ether oxygens (including phenoxy) is 2. The van der Waals surface area contributed by atoms with Crippen LogP contribution in [0, 0.1) is 3.57 Å². The van der Waals surface area contributed by atoms with Crippen LogP contribution in [0.1, 0.15) is 0 Å². The summed E-state index contributed by atoms with van der Waals surface area (Å²) in [6.45, 7) is 1.02. The van der Waals surface area contributed by atoms with E-state index in [4.69, 9.17) is 21.1 Å². The summed E-state index contributed by atoms with van der Waals surface area (Å²) in [4.78, 5) is 0. The van der Waals surface area contributed by atoms with E-state index in [-0.39, 0.29) is 0 Å². The van der Waals surface area contributed by atoms with Crippen molar-refractivity contribution < 1.29 is 9.47 Å². The molecule has 2 nitrogen and oxygen atoms in total. The van der Waals surface area contributed by atoms with Gasteiger partial charge >= 0.3 is 0 Å². The molecule has 0 amide bonds. The number of hydrogen-bond acceptors (Lipinski definition) is 2. The van der Waals surface area contributed by atoms with Gasteiger partial charge < -0.3 is 9.47 Å². The van der Waals surface area contributed by atoms with Gasteiger partial charge in [-0.15, -0.1) is 0 Å². The predicted octanol–water partition coefficient (Wildman–Crippen LogP) is 4.40. The minimum Gasteiger partial charge on any atom is -0.490 e. The summed E-state index contributed by atoms with van der Waals surface area (Å²) < 4.78 is 12.3. The molecule has 18 heavy (non-hydrogen) atoms. The van der Waals surface area contributed by atoms with Crippen LogP contribution in [-0.2, 0) is 0 Å². The quantitative estimate of drug-likeness (QED) is 0.570. The second-order valence-corrected chi connectivity index (χ2v) is 5.29. The number of benzene rings is 2. The Morgan fingerprint density at radius 3 is 1.72 bits per heavy atom. The second kappa shape index (κ2) is 6.85. The highest BCUT2D eigenvalue weighted by molar-refractivity contribution is 14.1. The molecule has 0 unspecified atom stereocenters. The average Bonchev–Trinajstić information content (AvgIpc) is 2.39. The lowest BCUT2D eigenvalue weighted by Crippen LogP contribution is -2.08. The molecule has 0 aliphatic carbocycles. The van der Waals surface area contributed by atoms with Crippen LogP contribution in [0.15, 0.2) is 48.5 Å². The van der Waals surface area contributed by atoms with Crippen molar-refractivity contribution in [3.63, 3.8) is 0 Å². The van der Waals surface area contributed by atoms with Gasteiger partial charge in [-0.3, -0.25) is 0 Å². The van der Waals surface area contributed by atoms with E-state index in [0.717, 1.165) is 11.5 Å². The normalized spacial score (nSPS) is 10.1. The first-order valence-electron chi connectivity index (χ1n) is 5.51. The fourth-order valence-electron chi connectivity index (χ4n) is 1.38. The lowest BCUT2D eigenvalue weighted by Gasteiger charge is -2.08. The van der Waals surface area contributed by atoms with Gasteiger partial charge in [0.2, 0.25) is 0 Å². The molecule has 0 atom stereocenters. The Labute approximate surface area is 125 Å². The first kappa shape index (κ1) is 13.5. The van der Waals surface area contributed by atoms with Gasteiger partial charge in [-0.05, 0) is 71.1 Å². The highest BCUT2D eigenvalue weighted by Crippen LogP contribution is 2.16. The fraction of sp³-hybridized carbons (Fsp3) is 0.143. The molecular formula is C14H12ClIO2. The minimum atomic E-state index is 0.508. The Bertz CT molecular complexity index is 435. The Kier molecular flexibility index (Phi) is 5.13. The summed E-state index contributed by atoms with van der Waals surface area (Å²) in [5.41, 5.74) is 0. The molecule has 0 aliphatic rings. The minimum absolute atomic E-state index is 0.508. The van der Waals surface area contributed by atoms with Gasteiger partial charge in [0.15, 0.2) is 0 Å². The molecule has 2 aromatic rings. The third kappa shape index (κ3) is 4.38. The lowest BCUT2D eigenvalue weighted by molar-refractivity contribution is 0.217. The van der Waals surface area contributed by atoms with Crippen LogP contribution in [0.2, 0.25) is 5.02 Å². The van der Waals surface area contributed by atoms with Crippen LogP contribution in [0.25, 0.3) is 0 Å². The van der Waals surface area contributed by atoms with E-state index < -0.39 is 0 Å². The van der Waals surface area contributed by atoms with E-state index >= 15 is 0 Å². The molecule has 0 heterocycles. The molecule has 0 N–H and O–H groups in total. The topological polar surface area (TPSA) is 18.5 Å². The van der Waals surface area contributed by atoms with E-state index in [1.807, 2.05) is 36.4 Å². The van der Waals surface area contributed by atoms with Gasteiger partial charge in [0.25, 0.3) is 0 Å². The van der Waals surface area contributed by atoms with Crippen molar-refractivity contribution in [3.8, 4) is 11.5 Å². The number of hydrogen-bond donors (Lipinski definition) is 0. The molecule has 94 valence electrons. The molecule has 2 aromatic carbocycles. The van der Waals surface area contributed by atoms with Crippen molar-refractivity contribution in [2.75, 3.05) is 13.2 Å². The molecule has 0 saturated carbocycles. The summed E-state index contributed by atoms with van der Waals surface area (Å²) in [7, 11) is 0. The highest BCUT2D eigenvalue weighted by Gasteiger charge is 1.96. The Morgan fingerprint density at radius 1 is 0.778 bits per heavy atom. The highest BCUT2D eigenvalue weighted by atomic mass is 127. The lowest BCUT2D eigenvalue weighted by atomic mass is 10.3. The first-order chi connectivity index (χ1) is 8.74. The van der Waals surface area contributed by atoms with Crippen LogP contribution < -0.4 is 9.47 Å². The maximum absolute atomic E-state index is 5.78. The van der Waals surface area contributed by atoms with Crippen molar-refractivity contribution in [2.24, 2.45) is 0 Å². The molecule has 0 radical (unpaired) electrons. The number of rotatable bonds is 5. The van der Waals surface area contributed by atoms with E-state index in [1.54, 1.807) is 12.1 Å². The standard InChI is InChI=1S/C14H12ClIO2/c15-11-1-5-13(6-2-11)17-9-10-18-14-7-3-12(16)4-8-14/h1-8H,9-10H2. The van der Waals surface area contributed by atoms with E-state index in [2.05, 4.69) is 22.6 Å².